The summed E-state index contributed by atoms with van der Waals surface area (Å²) in [5, 5.41) is 13.6. The van der Waals surface area contributed by atoms with E-state index < -0.39 is 20.0 Å². The van der Waals surface area contributed by atoms with E-state index in [1.165, 1.54) is 96.3 Å². The number of likely N-dealkylation sites (N-methyl/N-ethyl adjacent to an activating group) is 1. The van der Waals surface area contributed by atoms with Gasteiger partial charge in [-0.25, -0.2) is 0 Å². The number of nitrogens with zero attached hydrogens (tertiary/aromatic N) is 1. The Morgan fingerprint density at radius 1 is 0.705 bits per heavy atom. The molecule has 1 amide bonds. The molecule has 0 heterocycles. The van der Waals surface area contributed by atoms with Gasteiger partial charge in [-0.1, -0.05) is 149 Å². The second-order valence-corrected chi connectivity index (χ2v) is 15.4. The maximum atomic E-state index is 12.7. The third-order valence-corrected chi connectivity index (χ3v) is 9.31. The number of amides is 1. The first-order valence-corrected chi connectivity index (χ1v) is 19.8. The summed E-state index contributed by atoms with van der Waals surface area (Å²) in [7, 11) is 1.30. The number of carbonyl (C=O) groups excluding carboxylic acids is 1. The monoisotopic (exact) mass is 649 g/mol. The van der Waals surface area contributed by atoms with Crippen molar-refractivity contribution in [3.8, 4) is 0 Å². The van der Waals surface area contributed by atoms with E-state index in [1.54, 1.807) is 0 Å². The zero-order valence-corrected chi connectivity index (χ0v) is 30.5. The number of phosphoric ester groups is 1. The van der Waals surface area contributed by atoms with Gasteiger partial charge >= 0.3 is 0 Å². The molecule has 0 aliphatic heterocycles. The molecule has 44 heavy (non-hydrogen) atoms. The second kappa shape index (κ2) is 28.7. The van der Waals surface area contributed by atoms with E-state index in [0.29, 0.717) is 23.9 Å². The molecule has 2 N–H and O–H groups in total. The second-order valence-electron chi connectivity index (χ2n) is 13.9. The highest BCUT2D eigenvalue weighted by atomic mass is 31.2. The minimum Gasteiger partial charge on any atom is -0.756 e. The average Bonchev–Trinajstić information content (AvgIpc) is 2.96. The van der Waals surface area contributed by atoms with Crippen LogP contribution in [0.15, 0.2) is 0 Å². The highest BCUT2D eigenvalue weighted by Gasteiger charge is 2.24. The molecule has 0 radical (unpaired) electrons. The first-order valence-electron chi connectivity index (χ1n) is 18.4. The van der Waals surface area contributed by atoms with Crippen molar-refractivity contribution >= 4 is 13.7 Å². The number of aliphatic hydroxyl groups is 1. The molecule has 0 saturated carbocycles. The number of unbranched alkanes of at least 4 members (excludes halogenated alkanes) is 20. The van der Waals surface area contributed by atoms with Crippen LogP contribution in [0.2, 0.25) is 0 Å². The first kappa shape index (κ1) is 43.5. The molecular formula is C35H73N2O6P. The van der Waals surface area contributed by atoms with Crippen molar-refractivity contribution in [2.75, 3.05) is 40.9 Å². The van der Waals surface area contributed by atoms with Crippen LogP contribution in [0.4, 0.5) is 0 Å². The quantitative estimate of drug-likeness (QED) is 0.0420. The molecule has 0 bridgehead atoms. The van der Waals surface area contributed by atoms with Gasteiger partial charge in [-0.15, -0.1) is 0 Å². The van der Waals surface area contributed by atoms with Gasteiger partial charge in [0.25, 0.3) is 7.82 Å². The molecule has 0 aromatic rings. The lowest BCUT2D eigenvalue weighted by molar-refractivity contribution is -0.870. The summed E-state index contributed by atoms with van der Waals surface area (Å²) in [5.41, 5.74) is 0. The van der Waals surface area contributed by atoms with Crippen LogP contribution in [0.1, 0.15) is 168 Å². The third kappa shape index (κ3) is 30.2. The molecule has 0 aromatic carbocycles. The third-order valence-electron chi connectivity index (χ3n) is 8.35. The van der Waals surface area contributed by atoms with Gasteiger partial charge in [0.2, 0.25) is 5.91 Å². The van der Waals surface area contributed by atoms with Gasteiger partial charge < -0.3 is 28.8 Å². The molecule has 3 unspecified atom stereocenters. The molecule has 0 rings (SSSR count). The highest BCUT2D eigenvalue weighted by molar-refractivity contribution is 7.45. The molecule has 0 fully saturated rings. The predicted molar refractivity (Wildman–Crippen MR) is 183 cm³/mol. The Balaban J connectivity index is 4.11. The lowest BCUT2D eigenvalue weighted by Crippen LogP contribution is -2.46. The standard InChI is InChI=1S/C35H73N2O6P/c1-6-8-10-12-13-14-15-16-17-18-19-20-21-22-23-24-25-27-29-35(39)36-33(34(38)28-26-11-9-7-2)32-43-44(40,41)42-31-30-37(3,4)5/h33-34,38H,6-32H2,1-5H3,(H-,36,39,40,41). The number of quaternary nitrogens is 1. The number of carbonyl (C=O) groups is 1. The van der Waals surface area contributed by atoms with Gasteiger partial charge in [0.05, 0.1) is 39.9 Å². The van der Waals surface area contributed by atoms with E-state index in [4.69, 9.17) is 9.05 Å². The number of phosphoric acid groups is 1. The molecule has 0 aliphatic rings. The average molecular weight is 649 g/mol. The molecule has 0 spiro atoms. The van der Waals surface area contributed by atoms with Crippen LogP contribution >= 0.6 is 7.82 Å². The zero-order valence-electron chi connectivity index (χ0n) is 29.6. The number of aliphatic hydroxyl groups excluding tert-OH is 1. The van der Waals surface area contributed by atoms with Crippen molar-refractivity contribution in [3.05, 3.63) is 0 Å². The maximum Gasteiger partial charge on any atom is 0.268 e. The Bertz CT molecular complexity index is 703. The van der Waals surface area contributed by atoms with E-state index in [0.717, 1.165) is 44.9 Å². The van der Waals surface area contributed by atoms with E-state index in [-0.39, 0.29) is 19.1 Å². The van der Waals surface area contributed by atoms with Crippen LogP contribution in [0, 0.1) is 0 Å². The maximum absolute atomic E-state index is 12.7. The SMILES string of the molecule is CCCCCCCCCCCCCCCCCCCCC(=O)NC(COP(=O)([O-])OCC[N+](C)(C)C)C(O)CCCCCC. The fourth-order valence-electron chi connectivity index (χ4n) is 5.33. The number of hydrogen-bond acceptors (Lipinski definition) is 6. The van der Waals surface area contributed by atoms with Crippen LogP contribution in [-0.4, -0.2) is 68.5 Å². The lowest BCUT2D eigenvalue weighted by Gasteiger charge is -2.30. The fourth-order valence-corrected chi connectivity index (χ4v) is 6.05. The minimum atomic E-state index is -4.53. The molecule has 3 atom stereocenters. The van der Waals surface area contributed by atoms with Gasteiger partial charge in [0.15, 0.2) is 0 Å². The Kier molecular flexibility index (Phi) is 28.4. The summed E-state index contributed by atoms with van der Waals surface area (Å²) in [6.45, 7) is 4.59. The van der Waals surface area contributed by atoms with Crippen molar-refractivity contribution in [2.24, 2.45) is 0 Å². The molecular weight excluding hydrogens is 575 g/mol. The molecule has 0 aromatic heterocycles. The molecule has 9 heteroatoms. The molecule has 0 aliphatic carbocycles. The molecule has 8 nitrogen and oxygen atoms in total. The van der Waals surface area contributed by atoms with Crippen LogP contribution in [0.3, 0.4) is 0 Å². The van der Waals surface area contributed by atoms with Crippen molar-refractivity contribution < 1.29 is 32.9 Å². The summed E-state index contributed by atoms with van der Waals surface area (Å²) < 4.78 is 22.9. The largest absolute Gasteiger partial charge is 0.756 e. The number of rotatable bonds is 33. The summed E-state index contributed by atoms with van der Waals surface area (Å²) in [6, 6.07) is -0.788. The fraction of sp³-hybridized carbons (Fsp3) is 0.971. The Hall–Kier alpha value is -0.500. The van der Waals surface area contributed by atoms with E-state index in [9.17, 15) is 19.4 Å². The normalized spacial score (nSPS) is 14.8. The van der Waals surface area contributed by atoms with Crippen LogP contribution in [0.25, 0.3) is 0 Å². The summed E-state index contributed by atoms with van der Waals surface area (Å²) in [6.07, 6.45) is 27.3. The summed E-state index contributed by atoms with van der Waals surface area (Å²) in [4.78, 5) is 24.9. The van der Waals surface area contributed by atoms with Gasteiger partial charge in [-0.2, -0.15) is 0 Å². The molecule has 0 saturated heterocycles. The Morgan fingerprint density at radius 3 is 1.55 bits per heavy atom. The van der Waals surface area contributed by atoms with Gasteiger partial charge in [-0.05, 0) is 12.8 Å². The minimum absolute atomic E-state index is 0.0141. The predicted octanol–water partition coefficient (Wildman–Crippen LogP) is 8.44. The molecule has 264 valence electrons. The van der Waals surface area contributed by atoms with Gasteiger partial charge in [0, 0.05) is 6.42 Å². The lowest BCUT2D eigenvalue weighted by atomic mass is 10.0. The smallest absolute Gasteiger partial charge is 0.268 e. The van der Waals surface area contributed by atoms with Crippen molar-refractivity contribution in [2.45, 2.75) is 180 Å². The van der Waals surface area contributed by atoms with E-state index >= 15 is 0 Å². The Labute approximate surface area is 272 Å². The van der Waals surface area contributed by atoms with Crippen molar-refractivity contribution in [3.63, 3.8) is 0 Å². The summed E-state index contributed by atoms with van der Waals surface area (Å²) in [5.74, 6) is -0.172. The van der Waals surface area contributed by atoms with Crippen LogP contribution in [0.5, 0.6) is 0 Å². The van der Waals surface area contributed by atoms with Crippen LogP contribution in [-0.2, 0) is 18.4 Å². The topological polar surface area (TPSA) is 108 Å². The zero-order chi connectivity index (χ0) is 32.9. The van der Waals surface area contributed by atoms with Gasteiger partial charge in [0.1, 0.15) is 13.2 Å². The van der Waals surface area contributed by atoms with Crippen LogP contribution < -0.4 is 10.2 Å². The first-order chi connectivity index (χ1) is 21.0. The van der Waals surface area contributed by atoms with Crippen molar-refractivity contribution in [1.82, 2.24) is 5.32 Å². The van der Waals surface area contributed by atoms with E-state index in [2.05, 4.69) is 19.2 Å². The Morgan fingerprint density at radius 2 is 1.11 bits per heavy atom. The van der Waals surface area contributed by atoms with Crippen molar-refractivity contribution in [1.29, 1.82) is 0 Å². The summed E-state index contributed by atoms with van der Waals surface area (Å²) >= 11 is 0. The highest BCUT2D eigenvalue weighted by Crippen LogP contribution is 2.38. The number of nitrogens with one attached hydrogen (secondary N) is 1. The van der Waals surface area contributed by atoms with E-state index in [1.807, 2.05) is 21.1 Å². The number of hydrogen-bond donors (Lipinski definition) is 2. The van der Waals surface area contributed by atoms with Gasteiger partial charge in [-0.3, -0.25) is 9.36 Å².